The minimum absolute atomic E-state index is 0.150. The molecule has 0 spiro atoms. The van der Waals surface area contributed by atoms with E-state index in [9.17, 15) is 18.7 Å². The number of ether oxygens (including phenoxy) is 1. The second-order valence-corrected chi connectivity index (χ2v) is 5.17. The molecular formula is C14H19F2N3O3. The van der Waals surface area contributed by atoms with Crippen molar-refractivity contribution in [3.05, 3.63) is 23.9 Å². The average molecular weight is 315 g/mol. The van der Waals surface area contributed by atoms with Crippen LogP contribution in [-0.4, -0.2) is 34.9 Å². The number of hydrogen-bond acceptors (Lipinski definition) is 4. The third-order valence-corrected chi connectivity index (χ3v) is 3.51. The Hall–Kier alpha value is -1.96. The van der Waals surface area contributed by atoms with Gasteiger partial charge in [-0.05, 0) is 24.5 Å². The molecular weight excluding hydrogens is 296 g/mol. The molecule has 1 heterocycles. The fraction of sp³-hybridized carbons (Fsp3) is 0.571. The van der Waals surface area contributed by atoms with E-state index >= 15 is 0 Å². The van der Waals surface area contributed by atoms with Gasteiger partial charge < -0.3 is 20.5 Å². The second kappa shape index (κ2) is 7.88. The number of carbonyl (C=O) groups is 1. The molecule has 8 heteroatoms. The normalized spacial score (nSPS) is 21.5. The molecule has 2 amide bonds. The fourth-order valence-electron chi connectivity index (χ4n) is 2.40. The number of aliphatic hydroxyl groups is 1. The van der Waals surface area contributed by atoms with Gasteiger partial charge in [0.1, 0.15) is 0 Å². The Morgan fingerprint density at radius 3 is 2.95 bits per heavy atom. The van der Waals surface area contributed by atoms with Crippen LogP contribution in [0.4, 0.5) is 13.6 Å². The van der Waals surface area contributed by atoms with E-state index < -0.39 is 18.7 Å². The van der Waals surface area contributed by atoms with Crippen molar-refractivity contribution in [3.63, 3.8) is 0 Å². The van der Waals surface area contributed by atoms with Crippen molar-refractivity contribution in [3.8, 4) is 5.88 Å². The number of carbonyl (C=O) groups excluding carboxylic acids is 1. The van der Waals surface area contributed by atoms with E-state index in [0.29, 0.717) is 12.0 Å². The number of aromatic nitrogens is 1. The molecule has 1 saturated carbocycles. The number of aliphatic hydroxyl groups excluding tert-OH is 1. The highest BCUT2D eigenvalue weighted by Crippen LogP contribution is 2.18. The number of nitrogens with zero attached hydrogens (tertiary/aromatic N) is 1. The number of halogens is 2. The van der Waals surface area contributed by atoms with Crippen LogP contribution in [0.2, 0.25) is 0 Å². The van der Waals surface area contributed by atoms with Gasteiger partial charge in [-0.1, -0.05) is 12.8 Å². The fourth-order valence-corrected chi connectivity index (χ4v) is 2.40. The SMILES string of the molecule is O=C(NCc1ccnc(OC(F)F)c1)N[C@H]1CCCC[C@@H]1O. The quantitative estimate of drug-likeness (QED) is 0.773. The average Bonchev–Trinajstić information content (AvgIpc) is 2.47. The predicted molar refractivity (Wildman–Crippen MR) is 74.5 cm³/mol. The van der Waals surface area contributed by atoms with Gasteiger partial charge in [-0.25, -0.2) is 9.78 Å². The smallest absolute Gasteiger partial charge is 0.388 e. The van der Waals surface area contributed by atoms with Crippen molar-refractivity contribution >= 4 is 6.03 Å². The first-order valence-electron chi connectivity index (χ1n) is 7.17. The number of alkyl halides is 2. The third-order valence-electron chi connectivity index (χ3n) is 3.51. The Bertz CT molecular complexity index is 502. The number of nitrogens with one attached hydrogen (secondary N) is 2. The highest BCUT2D eigenvalue weighted by atomic mass is 19.3. The Morgan fingerprint density at radius 1 is 1.45 bits per heavy atom. The molecule has 1 aliphatic carbocycles. The lowest BCUT2D eigenvalue weighted by Gasteiger charge is -2.28. The van der Waals surface area contributed by atoms with Crippen LogP contribution in [0, 0.1) is 0 Å². The predicted octanol–water partition coefficient (Wildman–Crippen LogP) is 1.79. The van der Waals surface area contributed by atoms with Crippen LogP contribution in [0.3, 0.4) is 0 Å². The molecule has 0 unspecified atom stereocenters. The van der Waals surface area contributed by atoms with Crippen LogP contribution in [0.5, 0.6) is 5.88 Å². The Morgan fingerprint density at radius 2 is 2.23 bits per heavy atom. The van der Waals surface area contributed by atoms with Gasteiger partial charge in [-0.2, -0.15) is 8.78 Å². The van der Waals surface area contributed by atoms with Crippen molar-refractivity contribution in [2.45, 2.75) is 51.0 Å². The van der Waals surface area contributed by atoms with Gasteiger partial charge in [-0.3, -0.25) is 0 Å². The van der Waals surface area contributed by atoms with Gasteiger partial charge in [0.05, 0.1) is 12.1 Å². The summed E-state index contributed by atoms with van der Waals surface area (Å²) in [6, 6.07) is 2.28. The molecule has 0 radical (unpaired) electrons. The summed E-state index contributed by atoms with van der Waals surface area (Å²) >= 11 is 0. The molecule has 2 atom stereocenters. The molecule has 0 saturated heterocycles. The second-order valence-electron chi connectivity index (χ2n) is 5.17. The third kappa shape index (κ3) is 5.10. The zero-order valence-corrected chi connectivity index (χ0v) is 12.0. The molecule has 1 fully saturated rings. The van der Waals surface area contributed by atoms with Crippen LogP contribution in [0.1, 0.15) is 31.2 Å². The number of hydrogen-bond donors (Lipinski definition) is 3. The minimum atomic E-state index is -2.94. The maximum Gasteiger partial charge on any atom is 0.388 e. The number of urea groups is 1. The van der Waals surface area contributed by atoms with E-state index in [1.807, 2.05) is 0 Å². The summed E-state index contributed by atoms with van der Waals surface area (Å²) in [4.78, 5) is 15.4. The molecule has 6 nitrogen and oxygen atoms in total. The van der Waals surface area contributed by atoms with E-state index in [4.69, 9.17) is 0 Å². The first-order valence-corrected chi connectivity index (χ1v) is 7.17. The van der Waals surface area contributed by atoms with Crippen LogP contribution >= 0.6 is 0 Å². The maximum atomic E-state index is 12.1. The van der Waals surface area contributed by atoms with E-state index in [-0.39, 0.29) is 18.5 Å². The monoisotopic (exact) mass is 315 g/mol. The van der Waals surface area contributed by atoms with Gasteiger partial charge in [-0.15, -0.1) is 0 Å². The van der Waals surface area contributed by atoms with Gasteiger partial charge in [0.15, 0.2) is 0 Å². The standard InChI is InChI=1S/C14H19F2N3O3/c15-13(16)22-12-7-9(5-6-17-12)8-18-14(21)19-10-3-1-2-4-11(10)20/h5-7,10-11,13,20H,1-4,8H2,(H2,18,19,21)/t10-,11-/m0/s1. The summed E-state index contributed by atoms with van der Waals surface area (Å²) in [5.74, 6) is -0.197. The Labute approximate surface area is 126 Å². The van der Waals surface area contributed by atoms with Crippen molar-refractivity contribution in [2.24, 2.45) is 0 Å². The van der Waals surface area contributed by atoms with Crippen molar-refractivity contribution in [1.82, 2.24) is 15.6 Å². The molecule has 0 aromatic carbocycles. The number of rotatable bonds is 5. The Balaban J connectivity index is 1.80. The van der Waals surface area contributed by atoms with E-state index in [1.54, 1.807) is 6.07 Å². The van der Waals surface area contributed by atoms with Crippen LogP contribution < -0.4 is 15.4 Å². The molecule has 2 rings (SSSR count). The Kier molecular flexibility index (Phi) is 5.88. The van der Waals surface area contributed by atoms with Crippen molar-refractivity contribution in [2.75, 3.05) is 0 Å². The molecule has 1 aromatic heterocycles. The molecule has 1 aromatic rings. The molecule has 0 aliphatic heterocycles. The van der Waals surface area contributed by atoms with Gasteiger partial charge in [0, 0.05) is 18.8 Å². The first kappa shape index (κ1) is 16.4. The molecule has 122 valence electrons. The minimum Gasteiger partial charge on any atom is -0.417 e. The van der Waals surface area contributed by atoms with Crippen LogP contribution in [0.25, 0.3) is 0 Å². The molecule has 22 heavy (non-hydrogen) atoms. The summed E-state index contributed by atoms with van der Waals surface area (Å²) in [6.07, 6.45) is 4.18. The molecule has 1 aliphatic rings. The summed E-state index contributed by atoms with van der Waals surface area (Å²) in [6.45, 7) is -2.79. The van der Waals surface area contributed by atoms with Gasteiger partial charge in [0.25, 0.3) is 0 Å². The topological polar surface area (TPSA) is 83.5 Å². The lowest BCUT2D eigenvalue weighted by Crippen LogP contribution is -2.48. The van der Waals surface area contributed by atoms with Crippen LogP contribution in [-0.2, 0) is 6.54 Å². The van der Waals surface area contributed by atoms with Crippen molar-refractivity contribution < 1.29 is 23.4 Å². The largest absolute Gasteiger partial charge is 0.417 e. The molecule has 0 bridgehead atoms. The lowest BCUT2D eigenvalue weighted by molar-refractivity contribution is -0.0529. The van der Waals surface area contributed by atoms with Gasteiger partial charge >= 0.3 is 12.6 Å². The van der Waals surface area contributed by atoms with Gasteiger partial charge in [0.2, 0.25) is 5.88 Å². The number of amides is 2. The van der Waals surface area contributed by atoms with E-state index in [2.05, 4.69) is 20.4 Å². The molecule has 3 N–H and O–H groups in total. The van der Waals surface area contributed by atoms with Crippen molar-refractivity contribution in [1.29, 1.82) is 0 Å². The summed E-state index contributed by atoms with van der Waals surface area (Å²) in [5.41, 5.74) is 0.588. The first-order chi connectivity index (χ1) is 10.5. The van der Waals surface area contributed by atoms with Crippen LogP contribution in [0.15, 0.2) is 18.3 Å². The summed E-state index contributed by atoms with van der Waals surface area (Å²) in [5, 5.41) is 15.1. The summed E-state index contributed by atoms with van der Waals surface area (Å²) in [7, 11) is 0. The lowest BCUT2D eigenvalue weighted by atomic mass is 9.93. The van der Waals surface area contributed by atoms with E-state index in [1.165, 1.54) is 12.3 Å². The highest BCUT2D eigenvalue weighted by molar-refractivity contribution is 5.74. The van der Waals surface area contributed by atoms with E-state index in [0.717, 1.165) is 19.3 Å². The zero-order valence-electron chi connectivity index (χ0n) is 12.0. The summed E-state index contributed by atoms with van der Waals surface area (Å²) < 4.78 is 28.4. The highest BCUT2D eigenvalue weighted by Gasteiger charge is 2.24. The zero-order chi connectivity index (χ0) is 15.9. The maximum absolute atomic E-state index is 12.1. The number of pyridine rings is 1.